The van der Waals surface area contributed by atoms with E-state index in [-0.39, 0.29) is 0 Å². The van der Waals surface area contributed by atoms with E-state index in [1.165, 1.54) is 48.7 Å². The first-order chi connectivity index (χ1) is 8.34. The minimum absolute atomic E-state index is 0.871. The molecule has 92 valence electrons. The first kappa shape index (κ1) is 11.7. The summed E-state index contributed by atoms with van der Waals surface area (Å²) in [5.41, 5.74) is 1.44. The van der Waals surface area contributed by atoms with Gasteiger partial charge in [0.2, 0.25) is 0 Å². The molecule has 2 fully saturated rings. The maximum Gasteiger partial charge on any atom is 0.0247 e. The average Bonchev–Trinajstić information content (AvgIpc) is 2.81. The molecule has 1 nitrogen and oxygen atoms in total. The van der Waals surface area contributed by atoms with Crippen LogP contribution in [0.5, 0.6) is 0 Å². The molecule has 0 aromatic heterocycles. The van der Waals surface area contributed by atoms with Gasteiger partial charge < -0.3 is 0 Å². The van der Waals surface area contributed by atoms with Crippen molar-refractivity contribution in [2.45, 2.75) is 44.7 Å². The van der Waals surface area contributed by atoms with Crippen LogP contribution in [0.4, 0.5) is 0 Å². The molecule has 1 aromatic carbocycles. The fourth-order valence-electron chi connectivity index (χ4n) is 3.60. The van der Waals surface area contributed by atoms with Gasteiger partial charge in [-0.05, 0) is 49.8 Å². The van der Waals surface area contributed by atoms with E-state index in [2.05, 4.69) is 45.1 Å². The predicted octanol–water partition coefficient (Wildman–Crippen LogP) is 4.21. The second-order valence-corrected chi connectivity index (χ2v) is 6.32. The van der Waals surface area contributed by atoms with Crippen molar-refractivity contribution in [3.8, 4) is 0 Å². The zero-order chi connectivity index (χ0) is 11.7. The number of halogens is 1. The summed E-state index contributed by atoms with van der Waals surface area (Å²) < 4.78 is 1.26. The highest BCUT2D eigenvalue weighted by atomic mass is 79.9. The molecule has 0 spiro atoms. The maximum absolute atomic E-state index is 3.67. The molecule has 1 heterocycles. The van der Waals surface area contributed by atoms with Gasteiger partial charge in [-0.1, -0.05) is 40.5 Å². The Morgan fingerprint density at radius 3 is 2.82 bits per heavy atom. The molecule has 0 amide bonds. The topological polar surface area (TPSA) is 3.24 Å². The maximum atomic E-state index is 3.67. The zero-order valence-electron chi connectivity index (χ0n) is 10.2. The highest BCUT2D eigenvalue weighted by Crippen LogP contribution is 2.37. The van der Waals surface area contributed by atoms with Crippen LogP contribution in [0.3, 0.4) is 0 Å². The van der Waals surface area contributed by atoms with Crippen molar-refractivity contribution in [2.75, 3.05) is 6.54 Å². The fourth-order valence-corrected chi connectivity index (χ4v) is 4.01. The Bertz CT molecular complexity index is 390. The second kappa shape index (κ2) is 5.11. The summed E-state index contributed by atoms with van der Waals surface area (Å²) in [6, 6.07) is 9.53. The highest BCUT2D eigenvalue weighted by molar-refractivity contribution is 9.10. The van der Waals surface area contributed by atoms with Gasteiger partial charge in [-0.15, -0.1) is 0 Å². The largest absolute Gasteiger partial charge is 0.296 e. The van der Waals surface area contributed by atoms with Gasteiger partial charge in [0.05, 0.1) is 0 Å². The van der Waals surface area contributed by atoms with Gasteiger partial charge in [0.25, 0.3) is 0 Å². The Hall–Kier alpha value is -0.340. The molecule has 2 aliphatic rings. The van der Waals surface area contributed by atoms with Crippen LogP contribution in [0.1, 0.15) is 37.7 Å². The van der Waals surface area contributed by atoms with Crippen molar-refractivity contribution in [3.05, 3.63) is 34.3 Å². The van der Waals surface area contributed by atoms with Gasteiger partial charge in [-0.3, -0.25) is 4.90 Å². The number of rotatable bonds is 2. The van der Waals surface area contributed by atoms with Crippen LogP contribution in [0.25, 0.3) is 0 Å². The van der Waals surface area contributed by atoms with E-state index in [0.717, 1.165) is 18.5 Å². The lowest BCUT2D eigenvalue weighted by molar-refractivity contribution is 0.105. The Morgan fingerprint density at radius 1 is 1.12 bits per heavy atom. The third-order valence-electron chi connectivity index (χ3n) is 4.44. The van der Waals surface area contributed by atoms with Crippen LogP contribution in [0.2, 0.25) is 0 Å². The Labute approximate surface area is 112 Å². The van der Waals surface area contributed by atoms with Crippen molar-refractivity contribution in [1.82, 2.24) is 4.90 Å². The van der Waals surface area contributed by atoms with E-state index in [9.17, 15) is 0 Å². The van der Waals surface area contributed by atoms with Crippen LogP contribution < -0.4 is 0 Å². The van der Waals surface area contributed by atoms with E-state index < -0.39 is 0 Å². The molecule has 1 aliphatic carbocycles. The quantitative estimate of drug-likeness (QED) is 0.789. The Kier molecular flexibility index (Phi) is 3.53. The normalized spacial score (nSPS) is 29.2. The van der Waals surface area contributed by atoms with Crippen LogP contribution in [-0.4, -0.2) is 17.5 Å². The summed E-state index contributed by atoms with van der Waals surface area (Å²) >= 11 is 3.67. The minimum atomic E-state index is 0.871. The summed E-state index contributed by atoms with van der Waals surface area (Å²) in [7, 11) is 0. The molecule has 0 N–H and O–H groups in total. The second-order valence-electron chi connectivity index (χ2n) is 5.46. The molecular formula is C15H20BrN. The van der Waals surface area contributed by atoms with Gasteiger partial charge in [-0.2, -0.15) is 0 Å². The van der Waals surface area contributed by atoms with E-state index in [0.29, 0.717) is 0 Å². The number of likely N-dealkylation sites (tertiary alicyclic amines) is 1. The number of hydrogen-bond donors (Lipinski definition) is 0. The first-order valence-electron chi connectivity index (χ1n) is 6.82. The van der Waals surface area contributed by atoms with Gasteiger partial charge in [0, 0.05) is 17.1 Å². The van der Waals surface area contributed by atoms with E-state index in [1.807, 2.05) is 0 Å². The molecular weight excluding hydrogens is 274 g/mol. The summed E-state index contributed by atoms with van der Waals surface area (Å²) in [6.45, 7) is 2.42. The van der Waals surface area contributed by atoms with E-state index in [1.54, 1.807) is 0 Å². The molecule has 1 aliphatic heterocycles. The van der Waals surface area contributed by atoms with Crippen molar-refractivity contribution in [1.29, 1.82) is 0 Å². The average molecular weight is 294 g/mol. The smallest absolute Gasteiger partial charge is 0.0247 e. The predicted molar refractivity (Wildman–Crippen MR) is 74.9 cm³/mol. The zero-order valence-corrected chi connectivity index (χ0v) is 11.8. The number of nitrogens with zero attached hydrogens (tertiary/aromatic N) is 1. The van der Waals surface area contributed by atoms with Crippen LogP contribution in [0, 0.1) is 5.92 Å². The standard InChI is InChI=1S/C15H20BrN/c16-14-8-2-1-5-13(14)11-17-10-4-7-12-6-3-9-15(12)17/h1-2,5,8,12,15H,3-4,6-7,9-11H2. The molecule has 17 heavy (non-hydrogen) atoms. The van der Waals surface area contributed by atoms with Crippen LogP contribution in [0.15, 0.2) is 28.7 Å². The molecule has 2 atom stereocenters. The first-order valence-corrected chi connectivity index (χ1v) is 7.61. The third-order valence-corrected chi connectivity index (χ3v) is 5.21. The monoisotopic (exact) mass is 293 g/mol. The molecule has 1 saturated heterocycles. The number of piperidine rings is 1. The SMILES string of the molecule is Brc1ccccc1CN1CCCC2CCCC21. The summed E-state index contributed by atoms with van der Waals surface area (Å²) in [5, 5.41) is 0. The third kappa shape index (κ3) is 2.43. The van der Waals surface area contributed by atoms with Gasteiger partial charge in [0.15, 0.2) is 0 Å². The molecule has 2 heteroatoms. The van der Waals surface area contributed by atoms with Gasteiger partial charge in [-0.25, -0.2) is 0 Å². The Morgan fingerprint density at radius 2 is 1.94 bits per heavy atom. The van der Waals surface area contributed by atoms with Gasteiger partial charge >= 0.3 is 0 Å². The lowest BCUT2D eigenvalue weighted by Crippen LogP contribution is -2.41. The van der Waals surface area contributed by atoms with Crippen molar-refractivity contribution in [2.24, 2.45) is 5.92 Å². The number of benzene rings is 1. The lowest BCUT2D eigenvalue weighted by Gasteiger charge is -2.38. The lowest BCUT2D eigenvalue weighted by atomic mass is 9.91. The van der Waals surface area contributed by atoms with Crippen molar-refractivity contribution < 1.29 is 0 Å². The van der Waals surface area contributed by atoms with Gasteiger partial charge in [0.1, 0.15) is 0 Å². The van der Waals surface area contributed by atoms with Crippen molar-refractivity contribution in [3.63, 3.8) is 0 Å². The minimum Gasteiger partial charge on any atom is -0.296 e. The summed E-state index contributed by atoms with van der Waals surface area (Å²) in [6.07, 6.45) is 7.21. The molecule has 2 unspecified atom stereocenters. The Balaban J connectivity index is 1.74. The van der Waals surface area contributed by atoms with Crippen LogP contribution in [-0.2, 0) is 6.54 Å². The molecule has 3 rings (SSSR count). The molecule has 1 saturated carbocycles. The highest BCUT2D eigenvalue weighted by Gasteiger charge is 2.34. The number of hydrogen-bond acceptors (Lipinski definition) is 1. The van der Waals surface area contributed by atoms with E-state index in [4.69, 9.17) is 0 Å². The van der Waals surface area contributed by atoms with Crippen molar-refractivity contribution >= 4 is 15.9 Å². The molecule has 0 bridgehead atoms. The van der Waals surface area contributed by atoms with E-state index >= 15 is 0 Å². The summed E-state index contributed by atoms with van der Waals surface area (Å²) in [4.78, 5) is 2.72. The molecule has 1 aromatic rings. The number of fused-ring (bicyclic) bond motifs is 1. The molecule has 0 radical (unpaired) electrons. The van der Waals surface area contributed by atoms with Crippen LogP contribution >= 0.6 is 15.9 Å². The summed E-state index contributed by atoms with van der Waals surface area (Å²) in [5.74, 6) is 0.992. The fraction of sp³-hybridized carbons (Fsp3) is 0.600.